The molecule has 0 bridgehead atoms. The number of nitrogens with one attached hydrogen (secondary N) is 1. The van der Waals surface area contributed by atoms with Crippen LogP contribution in [0.25, 0.3) is 0 Å². The van der Waals surface area contributed by atoms with E-state index in [4.69, 9.17) is 0 Å². The average Bonchev–Trinajstić information content (AvgIpc) is 3.54. The SMILES string of the molecule is O=C(NCc1ccc(N2CCCCCC2)nc1)N1CCCN(C2CC2)CC1. The Morgan fingerprint density at radius 2 is 1.78 bits per heavy atom. The highest BCUT2D eigenvalue weighted by Gasteiger charge is 2.30. The number of carbonyl (C=O) groups excluding carboxylic acids is 1. The fraction of sp³-hybridized carbons (Fsp3) is 0.714. The number of amides is 2. The molecule has 3 fully saturated rings. The molecule has 6 heteroatoms. The van der Waals surface area contributed by atoms with E-state index in [1.165, 1.54) is 38.5 Å². The maximum Gasteiger partial charge on any atom is 0.317 e. The van der Waals surface area contributed by atoms with Crippen LogP contribution in [0.1, 0.15) is 50.5 Å². The quantitative estimate of drug-likeness (QED) is 0.884. The lowest BCUT2D eigenvalue weighted by Crippen LogP contribution is -2.42. The molecule has 0 spiro atoms. The number of pyridine rings is 1. The number of anilines is 1. The molecule has 1 saturated carbocycles. The van der Waals surface area contributed by atoms with Crippen molar-refractivity contribution in [3.8, 4) is 0 Å². The first kappa shape index (κ1) is 18.5. The van der Waals surface area contributed by atoms with Crippen molar-refractivity contribution in [3.05, 3.63) is 23.9 Å². The molecule has 3 heterocycles. The first-order valence-corrected chi connectivity index (χ1v) is 10.8. The van der Waals surface area contributed by atoms with Gasteiger partial charge < -0.3 is 15.1 Å². The highest BCUT2D eigenvalue weighted by molar-refractivity contribution is 5.74. The van der Waals surface area contributed by atoms with Crippen LogP contribution < -0.4 is 10.2 Å². The Hall–Kier alpha value is -1.82. The monoisotopic (exact) mass is 371 g/mol. The van der Waals surface area contributed by atoms with Crippen molar-refractivity contribution in [1.82, 2.24) is 20.1 Å². The zero-order valence-corrected chi connectivity index (χ0v) is 16.4. The van der Waals surface area contributed by atoms with Gasteiger partial charge in [0.05, 0.1) is 0 Å². The Balaban J connectivity index is 1.24. The molecule has 2 aliphatic heterocycles. The molecule has 0 radical (unpaired) electrons. The number of aromatic nitrogens is 1. The predicted octanol–water partition coefficient (Wildman–Crippen LogP) is 2.84. The van der Waals surface area contributed by atoms with Crippen LogP contribution in [-0.2, 0) is 6.54 Å². The third-order valence-electron chi connectivity index (χ3n) is 6.06. The minimum Gasteiger partial charge on any atom is -0.357 e. The van der Waals surface area contributed by atoms with E-state index in [2.05, 4.69) is 32.2 Å². The molecule has 1 aromatic rings. The molecule has 2 amide bonds. The number of nitrogens with zero attached hydrogens (tertiary/aromatic N) is 4. The van der Waals surface area contributed by atoms with Crippen LogP contribution in [0.4, 0.5) is 10.6 Å². The summed E-state index contributed by atoms with van der Waals surface area (Å²) < 4.78 is 0. The van der Waals surface area contributed by atoms with Gasteiger partial charge in [0, 0.05) is 58.1 Å². The normalized spacial score (nSPS) is 22.2. The second-order valence-corrected chi connectivity index (χ2v) is 8.19. The molecule has 0 unspecified atom stereocenters. The Labute approximate surface area is 162 Å². The lowest BCUT2D eigenvalue weighted by atomic mass is 10.2. The molecule has 148 valence electrons. The van der Waals surface area contributed by atoms with Crippen LogP contribution >= 0.6 is 0 Å². The van der Waals surface area contributed by atoms with Gasteiger partial charge in [-0.3, -0.25) is 4.90 Å². The van der Waals surface area contributed by atoms with E-state index in [-0.39, 0.29) is 6.03 Å². The summed E-state index contributed by atoms with van der Waals surface area (Å²) in [6.07, 6.45) is 10.8. The van der Waals surface area contributed by atoms with Crippen molar-refractivity contribution in [2.45, 2.75) is 57.5 Å². The molecule has 0 atom stereocenters. The largest absolute Gasteiger partial charge is 0.357 e. The Bertz CT molecular complexity index is 608. The van der Waals surface area contributed by atoms with Crippen molar-refractivity contribution in [3.63, 3.8) is 0 Å². The Morgan fingerprint density at radius 3 is 2.48 bits per heavy atom. The average molecular weight is 372 g/mol. The molecule has 6 nitrogen and oxygen atoms in total. The van der Waals surface area contributed by atoms with E-state index >= 15 is 0 Å². The summed E-state index contributed by atoms with van der Waals surface area (Å²) in [5.74, 6) is 1.07. The summed E-state index contributed by atoms with van der Waals surface area (Å²) in [5.41, 5.74) is 1.07. The third-order valence-corrected chi connectivity index (χ3v) is 6.06. The van der Waals surface area contributed by atoms with Gasteiger partial charge in [-0.1, -0.05) is 18.9 Å². The van der Waals surface area contributed by atoms with E-state index in [1.54, 1.807) is 0 Å². The summed E-state index contributed by atoms with van der Waals surface area (Å²) >= 11 is 0. The third kappa shape index (κ3) is 5.12. The van der Waals surface area contributed by atoms with E-state index in [9.17, 15) is 4.79 Å². The number of carbonyl (C=O) groups is 1. The summed E-state index contributed by atoms with van der Waals surface area (Å²) in [6.45, 7) is 6.62. The first-order chi connectivity index (χ1) is 13.3. The number of hydrogen-bond donors (Lipinski definition) is 1. The lowest BCUT2D eigenvalue weighted by molar-refractivity contribution is 0.197. The highest BCUT2D eigenvalue weighted by Crippen LogP contribution is 2.27. The van der Waals surface area contributed by atoms with Crippen LogP contribution in [0.5, 0.6) is 0 Å². The standard InChI is InChI=1S/C21H33N5O/c27-21(26-13-5-12-24(14-15-26)19-7-8-19)23-17-18-6-9-20(22-16-18)25-10-3-1-2-4-11-25/h6,9,16,19H,1-5,7-8,10-15,17H2,(H,23,27). The lowest BCUT2D eigenvalue weighted by Gasteiger charge is -2.23. The van der Waals surface area contributed by atoms with Gasteiger partial charge in [0.15, 0.2) is 0 Å². The van der Waals surface area contributed by atoms with Crippen LogP contribution in [0.15, 0.2) is 18.3 Å². The number of rotatable bonds is 4. The number of urea groups is 1. The second-order valence-electron chi connectivity index (χ2n) is 8.19. The van der Waals surface area contributed by atoms with Crippen molar-refractivity contribution >= 4 is 11.8 Å². The summed E-state index contributed by atoms with van der Waals surface area (Å²) in [4.78, 5) is 24.1. The second kappa shape index (κ2) is 8.91. The van der Waals surface area contributed by atoms with Crippen molar-refractivity contribution in [2.75, 3.05) is 44.2 Å². The fourth-order valence-corrected chi connectivity index (χ4v) is 4.24. The maximum absolute atomic E-state index is 12.5. The molecule has 1 aliphatic carbocycles. The highest BCUT2D eigenvalue weighted by atomic mass is 16.2. The van der Waals surface area contributed by atoms with E-state index < -0.39 is 0 Å². The van der Waals surface area contributed by atoms with Crippen molar-refractivity contribution in [2.24, 2.45) is 0 Å². The minimum atomic E-state index is 0.0595. The molecular weight excluding hydrogens is 338 g/mol. The van der Waals surface area contributed by atoms with E-state index in [1.807, 2.05) is 11.1 Å². The van der Waals surface area contributed by atoms with Crippen molar-refractivity contribution in [1.29, 1.82) is 0 Å². The van der Waals surface area contributed by atoms with E-state index in [0.29, 0.717) is 6.54 Å². The Morgan fingerprint density at radius 1 is 0.963 bits per heavy atom. The summed E-state index contributed by atoms with van der Waals surface area (Å²) in [7, 11) is 0. The van der Waals surface area contributed by atoms with Gasteiger partial charge >= 0.3 is 6.03 Å². The molecule has 2 saturated heterocycles. The first-order valence-electron chi connectivity index (χ1n) is 10.8. The van der Waals surface area contributed by atoms with Gasteiger partial charge in [-0.15, -0.1) is 0 Å². The maximum atomic E-state index is 12.5. The van der Waals surface area contributed by atoms with Gasteiger partial charge in [0.25, 0.3) is 0 Å². The molecular formula is C21H33N5O. The summed E-state index contributed by atoms with van der Waals surface area (Å²) in [6, 6.07) is 5.06. The van der Waals surface area contributed by atoms with Gasteiger partial charge in [0.1, 0.15) is 5.82 Å². The molecule has 27 heavy (non-hydrogen) atoms. The van der Waals surface area contributed by atoms with Gasteiger partial charge in [0.2, 0.25) is 0 Å². The molecule has 1 aromatic heterocycles. The Kier molecular flexibility index (Phi) is 6.12. The molecule has 4 rings (SSSR count). The summed E-state index contributed by atoms with van der Waals surface area (Å²) in [5, 5.41) is 3.08. The molecule has 0 aromatic carbocycles. The topological polar surface area (TPSA) is 51.7 Å². The molecule has 3 aliphatic rings. The van der Waals surface area contributed by atoms with Crippen LogP contribution in [0.3, 0.4) is 0 Å². The smallest absolute Gasteiger partial charge is 0.317 e. The van der Waals surface area contributed by atoms with Crippen molar-refractivity contribution < 1.29 is 4.79 Å². The van der Waals surface area contributed by atoms with Gasteiger partial charge in [-0.25, -0.2) is 9.78 Å². The van der Waals surface area contributed by atoms with Crippen LogP contribution in [-0.4, -0.2) is 66.1 Å². The van der Waals surface area contributed by atoms with Crippen LogP contribution in [0, 0.1) is 0 Å². The zero-order valence-electron chi connectivity index (χ0n) is 16.4. The zero-order chi connectivity index (χ0) is 18.5. The minimum absolute atomic E-state index is 0.0595. The van der Waals surface area contributed by atoms with Crippen LogP contribution in [0.2, 0.25) is 0 Å². The fourth-order valence-electron chi connectivity index (χ4n) is 4.24. The van der Waals surface area contributed by atoms with E-state index in [0.717, 1.165) is 63.1 Å². The number of hydrogen-bond acceptors (Lipinski definition) is 4. The predicted molar refractivity (Wildman–Crippen MR) is 108 cm³/mol. The van der Waals surface area contributed by atoms with Gasteiger partial charge in [-0.05, 0) is 43.7 Å². The molecule has 1 N–H and O–H groups in total. The van der Waals surface area contributed by atoms with Gasteiger partial charge in [-0.2, -0.15) is 0 Å².